The first-order chi connectivity index (χ1) is 8.89. The lowest BCUT2D eigenvalue weighted by molar-refractivity contribution is -0.406. The minimum atomic E-state index is -7.86. The lowest BCUT2D eigenvalue weighted by Crippen LogP contribution is -2.70. The van der Waals surface area contributed by atoms with E-state index < -0.39 is 41.7 Å². The van der Waals surface area contributed by atoms with Crippen LogP contribution >= 0.6 is 0 Å². The van der Waals surface area contributed by atoms with Gasteiger partial charge in [0.25, 0.3) is 0 Å². The summed E-state index contributed by atoms with van der Waals surface area (Å²) in [6.07, 6.45) is -7.42. The minimum Gasteiger partial charge on any atom is -0.256 e. The molecule has 21 heavy (non-hydrogen) atoms. The van der Waals surface area contributed by atoms with Crippen LogP contribution in [-0.4, -0.2) is 41.7 Å². The Morgan fingerprint density at radius 2 is 0.810 bits per heavy atom. The van der Waals surface area contributed by atoms with Gasteiger partial charge in [0.05, 0.1) is 0 Å². The van der Waals surface area contributed by atoms with Crippen molar-refractivity contribution in [2.45, 2.75) is 29.6 Å². The Bertz CT molecular complexity index is 435. The van der Waals surface area contributed by atoms with Gasteiger partial charge >= 0.3 is 41.7 Å². The maximum absolute atomic E-state index is 12.8. The van der Waals surface area contributed by atoms with Gasteiger partial charge in [0, 0.05) is 0 Å². The third kappa shape index (κ3) is 2.33. The van der Waals surface area contributed by atoms with Gasteiger partial charge in [-0.25, -0.2) is 4.39 Å². The summed E-state index contributed by atoms with van der Waals surface area (Å²) < 4.78 is 147. The Labute approximate surface area is 105 Å². The standard InChI is InChI=1S/C7F12O2/c8-1(20)3(10,2(9)21)4(11,12)5(13,14)6(15,16)7(17,18)19. The van der Waals surface area contributed by atoms with Gasteiger partial charge in [0.2, 0.25) is 0 Å². The van der Waals surface area contributed by atoms with Gasteiger partial charge in [0.1, 0.15) is 0 Å². The maximum atomic E-state index is 12.8. The van der Waals surface area contributed by atoms with Crippen molar-refractivity contribution in [3.8, 4) is 0 Å². The van der Waals surface area contributed by atoms with Crippen LogP contribution in [0, 0.1) is 0 Å². The summed E-state index contributed by atoms with van der Waals surface area (Å²) in [7, 11) is 0. The van der Waals surface area contributed by atoms with E-state index in [0.29, 0.717) is 0 Å². The molecule has 0 heterocycles. The molecule has 0 aliphatic heterocycles. The average molecular weight is 344 g/mol. The summed E-state index contributed by atoms with van der Waals surface area (Å²) in [5, 5.41) is 0. The highest BCUT2D eigenvalue weighted by atomic mass is 19.4. The Hall–Kier alpha value is -1.50. The van der Waals surface area contributed by atoms with E-state index in [-0.39, 0.29) is 0 Å². The molecule has 2 nitrogen and oxygen atoms in total. The molecule has 0 radical (unpaired) electrons. The fraction of sp³-hybridized carbons (Fsp3) is 0.714. The quantitative estimate of drug-likeness (QED) is 0.436. The maximum Gasteiger partial charge on any atom is 0.460 e. The third-order valence-corrected chi connectivity index (χ3v) is 2.12. The zero-order chi connectivity index (χ0) is 17.7. The van der Waals surface area contributed by atoms with Crippen LogP contribution in [0.15, 0.2) is 0 Å². The van der Waals surface area contributed by atoms with Crippen LogP contribution in [0.4, 0.5) is 52.7 Å². The Morgan fingerprint density at radius 1 is 0.524 bits per heavy atom. The highest BCUT2D eigenvalue weighted by molar-refractivity contribution is 6.04. The van der Waals surface area contributed by atoms with Crippen molar-refractivity contribution in [2.24, 2.45) is 0 Å². The summed E-state index contributed by atoms with van der Waals surface area (Å²) in [5.41, 5.74) is -6.87. The van der Waals surface area contributed by atoms with Crippen LogP contribution < -0.4 is 0 Å². The lowest BCUT2D eigenvalue weighted by atomic mass is 9.89. The number of carbonyl (C=O) groups excluding carboxylic acids is 2. The molecule has 0 aromatic rings. The molecule has 0 amide bonds. The Balaban J connectivity index is 6.36. The molecule has 0 atom stereocenters. The second kappa shape index (κ2) is 4.76. The molecule has 0 rings (SSSR count). The number of hydrogen-bond donors (Lipinski definition) is 0. The zero-order valence-electron chi connectivity index (χ0n) is 8.85. The third-order valence-electron chi connectivity index (χ3n) is 2.12. The van der Waals surface area contributed by atoms with Crippen LogP contribution in [0.25, 0.3) is 0 Å². The van der Waals surface area contributed by atoms with Crippen LogP contribution in [0.1, 0.15) is 0 Å². The molecule has 0 aromatic carbocycles. The summed E-state index contributed by atoms with van der Waals surface area (Å²) in [6, 6.07) is -9.03. The number of carbonyl (C=O) groups is 2. The van der Waals surface area contributed by atoms with Gasteiger partial charge in [-0.15, -0.1) is 0 Å². The van der Waals surface area contributed by atoms with Crippen LogP contribution in [0.2, 0.25) is 0 Å². The van der Waals surface area contributed by atoms with Gasteiger partial charge < -0.3 is 0 Å². The smallest absolute Gasteiger partial charge is 0.256 e. The van der Waals surface area contributed by atoms with E-state index in [1.54, 1.807) is 0 Å². The number of rotatable bonds is 5. The molecule has 0 aliphatic rings. The Morgan fingerprint density at radius 3 is 1.00 bits per heavy atom. The average Bonchev–Trinajstić information content (AvgIpc) is 2.24. The molecule has 0 bridgehead atoms. The van der Waals surface area contributed by atoms with Crippen molar-refractivity contribution in [3.05, 3.63) is 0 Å². The summed E-state index contributed by atoms with van der Waals surface area (Å²) in [5.74, 6) is -23.3. The minimum absolute atomic E-state index is 4.52. The molecule has 0 aliphatic carbocycles. The highest BCUT2D eigenvalue weighted by Gasteiger charge is 2.89. The van der Waals surface area contributed by atoms with Crippen molar-refractivity contribution < 1.29 is 62.3 Å². The monoisotopic (exact) mass is 344 g/mol. The van der Waals surface area contributed by atoms with Crippen molar-refractivity contribution in [1.82, 2.24) is 0 Å². The van der Waals surface area contributed by atoms with Crippen LogP contribution in [0.3, 0.4) is 0 Å². The van der Waals surface area contributed by atoms with E-state index in [4.69, 9.17) is 0 Å². The second-order valence-corrected chi connectivity index (χ2v) is 3.43. The SMILES string of the molecule is O=C(F)C(F)(C(=O)F)C(F)(F)C(F)(F)C(F)(F)C(F)(F)F. The molecule has 0 aromatic heterocycles. The lowest BCUT2D eigenvalue weighted by Gasteiger charge is -2.36. The predicted molar refractivity (Wildman–Crippen MR) is 37.0 cm³/mol. The topological polar surface area (TPSA) is 34.1 Å². The van der Waals surface area contributed by atoms with E-state index in [1.807, 2.05) is 0 Å². The van der Waals surface area contributed by atoms with Gasteiger partial charge in [-0.2, -0.15) is 48.3 Å². The first kappa shape index (κ1) is 19.5. The Kier molecular flexibility index (Phi) is 4.42. The largest absolute Gasteiger partial charge is 0.460 e. The fourth-order valence-electron chi connectivity index (χ4n) is 0.916. The molecular formula is C7F12O2. The number of hydrogen-bond acceptors (Lipinski definition) is 2. The number of halogens is 12. The first-order valence-electron chi connectivity index (χ1n) is 4.18. The summed E-state index contributed by atoms with van der Waals surface area (Å²) in [6.45, 7) is 0. The summed E-state index contributed by atoms with van der Waals surface area (Å²) in [4.78, 5) is 19.5. The zero-order valence-corrected chi connectivity index (χ0v) is 8.85. The molecule has 0 saturated carbocycles. The van der Waals surface area contributed by atoms with E-state index in [1.165, 1.54) is 0 Å². The second-order valence-electron chi connectivity index (χ2n) is 3.43. The van der Waals surface area contributed by atoms with Gasteiger partial charge in [-0.3, -0.25) is 9.59 Å². The molecule has 0 fully saturated rings. The van der Waals surface area contributed by atoms with Crippen molar-refractivity contribution in [1.29, 1.82) is 0 Å². The fourth-order valence-corrected chi connectivity index (χ4v) is 0.916. The van der Waals surface area contributed by atoms with Crippen molar-refractivity contribution in [3.63, 3.8) is 0 Å². The molecule has 0 saturated heterocycles. The molecule has 14 heteroatoms. The van der Waals surface area contributed by atoms with Crippen molar-refractivity contribution in [2.75, 3.05) is 0 Å². The molecule has 0 spiro atoms. The summed E-state index contributed by atoms with van der Waals surface area (Å²) >= 11 is 0. The van der Waals surface area contributed by atoms with Crippen LogP contribution in [0.5, 0.6) is 0 Å². The molecule has 0 N–H and O–H groups in total. The number of alkyl halides is 10. The first-order valence-corrected chi connectivity index (χ1v) is 4.18. The predicted octanol–water partition coefficient (Wildman–Crippen LogP) is 3.16. The molecular weight excluding hydrogens is 344 g/mol. The van der Waals surface area contributed by atoms with Crippen LogP contribution in [-0.2, 0) is 9.59 Å². The van der Waals surface area contributed by atoms with E-state index >= 15 is 0 Å². The van der Waals surface area contributed by atoms with Gasteiger partial charge in [-0.05, 0) is 0 Å². The van der Waals surface area contributed by atoms with E-state index in [2.05, 4.69) is 0 Å². The molecule has 124 valence electrons. The van der Waals surface area contributed by atoms with E-state index in [9.17, 15) is 62.3 Å². The van der Waals surface area contributed by atoms with Gasteiger partial charge in [0.15, 0.2) is 0 Å². The highest BCUT2D eigenvalue weighted by Crippen LogP contribution is 2.57. The molecule has 0 unspecified atom stereocenters. The normalized spacial score (nSPS) is 15.0. The van der Waals surface area contributed by atoms with Gasteiger partial charge in [-0.1, -0.05) is 0 Å². The van der Waals surface area contributed by atoms with Crippen molar-refractivity contribution >= 4 is 12.1 Å². The van der Waals surface area contributed by atoms with E-state index in [0.717, 1.165) is 0 Å².